The van der Waals surface area contributed by atoms with Gasteiger partial charge in [0.25, 0.3) is 10.2 Å². The van der Waals surface area contributed by atoms with Crippen molar-refractivity contribution >= 4 is 27.9 Å². The molecule has 2 N–H and O–H groups in total. The zero-order valence-corrected chi connectivity index (χ0v) is 16.3. The van der Waals surface area contributed by atoms with Crippen molar-refractivity contribution in [1.82, 2.24) is 14.0 Å². The van der Waals surface area contributed by atoms with E-state index in [1.54, 1.807) is 44.9 Å². The maximum atomic E-state index is 12.5. The number of rotatable bonds is 6. The van der Waals surface area contributed by atoms with Gasteiger partial charge >= 0.3 is 5.97 Å². The van der Waals surface area contributed by atoms with Gasteiger partial charge in [0.05, 0.1) is 0 Å². The molecular weight excluding hydrogens is 362 g/mol. The van der Waals surface area contributed by atoms with Gasteiger partial charge in [-0.3, -0.25) is 9.78 Å². The minimum absolute atomic E-state index is 0.340. The highest BCUT2D eigenvalue weighted by molar-refractivity contribution is 8.00. The first-order valence-electron chi connectivity index (χ1n) is 8.16. The number of pyridine rings is 1. The fourth-order valence-electron chi connectivity index (χ4n) is 2.62. The van der Waals surface area contributed by atoms with Crippen molar-refractivity contribution in [3.8, 4) is 0 Å². The molecule has 1 aromatic heterocycles. The number of nitrogens with one attached hydrogen (secondary N) is 1. The number of carboxylic acid groups (broad SMARTS) is 1. The molecule has 140 valence electrons. The summed E-state index contributed by atoms with van der Waals surface area (Å²) in [4.78, 5) is 16.5. The molecule has 0 bridgehead atoms. The van der Waals surface area contributed by atoms with Crippen LogP contribution in [0.2, 0.25) is 0 Å². The van der Waals surface area contributed by atoms with Crippen LogP contribution in [-0.4, -0.2) is 53.2 Å². The van der Waals surface area contributed by atoms with E-state index in [9.17, 15) is 18.3 Å². The van der Waals surface area contributed by atoms with Crippen LogP contribution in [0.25, 0.3) is 0 Å². The molecule has 0 amide bonds. The topological polar surface area (TPSA) is 99.6 Å². The van der Waals surface area contributed by atoms with Crippen molar-refractivity contribution < 1.29 is 18.3 Å². The summed E-state index contributed by atoms with van der Waals surface area (Å²) in [6.45, 7) is 5.87. The number of aromatic nitrogens is 1. The molecule has 7 nitrogen and oxygen atoms in total. The summed E-state index contributed by atoms with van der Waals surface area (Å²) >= 11 is 1.72. The van der Waals surface area contributed by atoms with Crippen LogP contribution in [-0.2, 0) is 15.0 Å². The Labute approximate surface area is 153 Å². The Morgan fingerprint density at radius 1 is 1.32 bits per heavy atom. The number of piperidine rings is 1. The summed E-state index contributed by atoms with van der Waals surface area (Å²) in [5, 5.41) is 9.66. The molecule has 0 unspecified atom stereocenters. The summed E-state index contributed by atoms with van der Waals surface area (Å²) in [6, 6.07) is 2.72. The van der Waals surface area contributed by atoms with E-state index in [0.29, 0.717) is 18.3 Å². The van der Waals surface area contributed by atoms with Crippen molar-refractivity contribution in [2.24, 2.45) is 5.41 Å². The van der Waals surface area contributed by atoms with Crippen LogP contribution in [0.3, 0.4) is 0 Å². The predicted molar refractivity (Wildman–Crippen MR) is 97.6 cm³/mol. The third-order valence-electron chi connectivity index (χ3n) is 4.07. The molecule has 25 heavy (non-hydrogen) atoms. The Morgan fingerprint density at radius 2 is 1.88 bits per heavy atom. The van der Waals surface area contributed by atoms with Gasteiger partial charge in [-0.2, -0.15) is 17.4 Å². The lowest BCUT2D eigenvalue weighted by molar-refractivity contribution is -0.141. The van der Waals surface area contributed by atoms with E-state index < -0.39 is 27.6 Å². The van der Waals surface area contributed by atoms with Gasteiger partial charge in [-0.15, -0.1) is 11.8 Å². The Bertz CT molecular complexity index is 681. The number of thioether (sulfide) groups is 1. The van der Waals surface area contributed by atoms with E-state index in [2.05, 4.69) is 9.71 Å². The second kappa shape index (κ2) is 8.03. The SMILES string of the molecule is CC(C)(C)[C@@H](NS(=O)(=O)N1CCC(Sc2ccncc2)CC1)C(=O)O. The second-order valence-corrected chi connectivity index (χ2v) is 10.2. The van der Waals surface area contributed by atoms with Gasteiger partial charge in [0.1, 0.15) is 6.04 Å². The zero-order valence-electron chi connectivity index (χ0n) is 14.7. The highest BCUT2D eigenvalue weighted by Crippen LogP contribution is 2.30. The van der Waals surface area contributed by atoms with E-state index in [4.69, 9.17) is 0 Å². The van der Waals surface area contributed by atoms with Crippen molar-refractivity contribution in [3.63, 3.8) is 0 Å². The van der Waals surface area contributed by atoms with E-state index in [1.165, 1.54) is 4.31 Å². The van der Waals surface area contributed by atoms with E-state index in [0.717, 1.165) is 17.7 Å². The van der Waals surface area contributed by atoms with E-state index in [1.807, 2.05) is 12.1 Å². The van der Waals surface area contributed by atoms with Crippen LogP contribution < -0.4 is 4.72 Å². The van der Waals surface area contributed by atoms with Crippen LogP contribution in [0.1, 0.15) is 33.6 Å². The molecule has 1 aliphatic heterocycles. The van der Waals surface area contributed by atoms with Gasteiger partial charge in [-0.05, 0) is 30.4 Å². The summed E-state index contributed by atoms with van der Waals surface area (Å²) in [5.74, 6) is -1.17. The molecule has 1 atom stereocenters. The second-order valence-electron chi connectivity index (χ2n) is 7.16. The van der Waals surface area contributed by atoms with Crippen LogP contribution in [0, 0.1) is 5.41 Å². The molecule has 0 saturated carbocycles. The Hall–Kier alpha value is -1.16. The Balaban J connectivity index is 1.95. The molecular formula is C16H25N3O4S2. The monoisotopic (exact) mass is 387 g/mol. The highest BCUT2D eigenvalue weighted by atomic mass is 32.2. The maximum Gasteiger partial charge on any atom is 0.322 e. The third kappa shape index (κ3) is 5.67. The lowest BCUT2D eigenvalue weighted by Crippen LogP contribution is -2.54. The van der Waals surface area contributed by atoms with Crippen LogP contribution >= 0.6 is 11.8 Å². The molecule has 2 heterocycles. The Morgan fingerprint density at radius 3 is 2.36 bits per heavy atom. The van der Waals surface area contributed by atoms with E-state index >= 15 is 0 Å². The molecule has 0 radical (unpaired) electrons. The van der Waals surface area contributed by atoms with Crippen LogP contribution in [0.5, 0.6) is 0 Å². The molecule has 1 fully saturated rings. The molecule has 0 aromatic carbocycles. The maximum absolute atomic E-state index is 12.5. The van der Waals surface area contributed by atoms with Crippen molar-refractivity contribution in [3.05, 3.63) is 24.5 Å². The average molecular weight is 388 g/mol. The van der Waals surface area contributed by atoms with Gasteiger partial charge < -0.3 is 5.11 Å². The molecule has 1 aromatic rings. The highest BCUT2D eigenvalue weighted by Gasteiger charge is 2.37. The largest absolute Gasteiger partial charge is 0.480 e. The smallest absolute Gasteiger partial charge is 0.322 e. The number of carbonyl (C=O) groups is 1. The minimum atomic E-state index is -3.82. The number of nitrogens with zero attached hydrogens (tertiary/aromatic N) is 2. The Kier molecular flexibility index (Phi) is 6.47. The molecule has 1 aliphatic rings. The van der Waals surface area contributed by atoms with Gasteiger partial charge in [-0.1, -0.05) is 20.8 Å². The zero-order chi connectivity index (χ0) is 18.7. The summed E-state index contributed by atoms with van der Waals surface area (Å²) < 4.78 is 28.8. The van der Waals surface area contributed by atoms with Gasteiger partial charge in [0.15, 0.2) is 0 Å². The minimum Gasteiger partial charge on any atom is -0.480 e. The normalized spacial score (nSPS) is 18.8. The molecule has 9 heteroatoms. The van der Waals surface area contributed by atoms with Gasteiger partial charge in [0, 0.05) is 35.6 Å². The lowest BCUT2D eigenvalue weighted by Gasteiger charge is -2.34. The van der Waals surface area contributed by atoms with Crippen LogP contribution in [0.15, 0.2) is 29.4 Å². The van der Waals surface area contributed by atoms with Crippen molar-refractivity contribution in [1.29, 1.82) is 0 Å². The van der Waals surface area contributed by atoms with Crippen LogP contribution in [0.4, 0.5) is 0 Å². The predicted octanol–water partition coefficient (Wildman–Crippen LogP) is 1.97. The quantitative estimate of drug-likeness (QED) is 0.774. The molecule has 0 aliphatic carbocycles. The number of aliphatic carboxylic acids is 1. The molecule has 1 saturated heterocycles. The summed E-state index contributed by atoms with van der Waals surface area (Å²) in [6.07, 6.45) is 4.93. The first kappa shape index (κ1) is 20.2. The third-order valence-corrected chi connectivity index (χ3v) is 7.00. The summed E-state index contributed by atoms with van der Waals surface area (Å²) in [7, 11) is -3.82. The van der Waals surface area contributed by atoms with Gasteiger partial charge in [0.2, 0.25) is 0 Å². The first-order chi connectivity index (χ1) is 11.6. The first-order valence-corrected chi connectivity index (χ1v) is 10.5. The van der Waals surface area contributed by atoms with E-state index in [-0.39, 0.29) is 0 Å². The van der Waals surface area contributed by atoms with Crippen molar-refractivity contribution in [2.75, 3.05) is 13.1 Å². The fraction of sp³-hybridized carbons (Fsp3) is 0.625. The number of carboxylic acids is 1. The molecule has 0 spiro atoms. The molecule has 2 rings (SSSR count). The summed E-state index contributed by atoms with van der Waals surface area (Å²) in [5.41, 5.74) is -0.714. The average Bonchev–Trinajstić information content (AvgIpc) is 2.53. The number of hydrogen-bond donors (Lipinski definition) is 2. The number of hydrogen-bond acceptors (Lipinski definition) is 5. The standard InChI is InChI=1S/C16H25N3O4S2/c1-16(2,3)14(15(20)21)18-25(22,23)19-10-6-13(7-11-19)24-12-4-8-17-9-5-12/h4-5,8-9,13-14,18H,6-7,10-11H2,1-3H3,(H,20,21)/t14-/m0/s1. The lowest BCUT2D eigenvalue weighted by atomic mass is 9.88. The van der Waals surface area contributed by atoms with Crippen molar-refractivity contribution in [2.45, 2.75) is 49.8 Å². The van der Waals surface area contributed by atoms with Gasteiger partial charge in [-0.25, -0.2) is 0 Å². The fourth-order valence-corrected chi connectivity index (χ4v) is 5.32.